The molecule has 0 N–H and O–H groups in total. The summed E-state index contributed by atoms with van der Waals surface area (Å²) in [6.07, 6.45) is 4.54. The Hall–Kier alpha value is -1.63. The van der Waals surface area contributed by atoms with Gasteiger partial charge in [0.05, 0.1) is 0 Å². The quantitative estimate of drug-likeness (QED) is 0.669. The van der Waals surface area contributed by atoms with E-state index in [0.29, 0.717) is 0 Å². The van der Waals surface area contributed by atoms with E-state index in [0.717, 1.165) is 18.4 Å². The Balaban J connectivity index is 2.03. The maximum Gasteiger partial charge on any atom is 0.123 e. The molecule has 79 valence electrons. The molecule has 0 fully saturated rings. The molecule has 16 heavy (non-hydrogen) atoms. The summed E-state index contributed by atoms with van der Waals surface area (Å²) in [5.41, 5.74) is 5.01. The molecule has 1 aliphatic rings. The number of hydrogen-bond donors (Lipinski definition) is 0. The lowest BCUT2D eigenvalue weighted by Crippen LogP contribution is -1.84. The van der Waals surface area contributed by atoms with Gasteiger partial charge < -0.3 is 0 Å². The first-order valence-electron chi connectivity index (χ1n) is 5.55. The summed E-state index contributed by atoms with van der Waals surface area (Å²) in [6.45, 7) is 0. The lowest BCUT2D eigenvalue weighted by Gasteiger charge is -2.05. The predicted octanol–water partition coefficient (Wildman–Crippen LogP) is 3.99. The summed E-state index contributed by atoms with van der Waals surface area (Å²) in [5.74, 6) is -0.182. The molecule has 2 aromatic carbocycles. The largest absolute Gasteiger partial charge is 0.207 e. The molecule has 0 amide bonds. The first-order valence-corrected chi connectivity index (χ1v) is 5.55. The fraction of sp³-hybridized carbons (Fsp3) is 0.133. The van der Waals surface area contributed by atoms with Crippen LogP contribution in [0.15, 0.2) is 42.5 Å². The highest BCUT2D eigenvalue weighted by Gasteiger charge is 2.11. The van der Waals surface area contributed by atoms with Gasteiger partial charge in [0.15, 0.2) is 0 Å². The van der Waals surface area contributed by atoms with Crippen LogP contribution in [0.3, 0.4) is 0 Å². The van der Waals surface area contributed by atoms with Crippen LogP contribution < -0.4 is 0 Å². The van der Waals surface area contributed by atoms with Crippen LogP contribution in [0.2, 0.25) is 0 Å². The van der Waals surface area contributed by atoms with Crippen molar-refractivity contribution in [3.05, 3.63) is 65.8 Å². The molecule has 3 rings (SSSR count). The van der Waals surface area contributed by atoms with Gasteiger partial charge in [0, 0.05) is 0 Å². The van der Waals surface area contributed by atoms with E-state index >= 15 is 0 Å². The second kappa shape index (κ2) is 3.75. The Morgan fingerprint density at radius 3 is 2.44 bits per heavy atom. The minimum absolute atomic E-state index is 0.182. The summed E-state index contributed by atoms with van der Waals surface area (Å²) in [6, 6.07) is 13.1. The number of benzene rings is 2. The topological polar surface area (TPSA) is 0 Å². The van der Waals surface area contributed by atoms with Crippen LogP contribution in [-0.4, -0.2) is 0 Å². The van der Waals surface area contributed by atoms with Crippen LogP contribution >= 0.6 is 0 Å². The second-order valence-electron chi connectivity index (χ2n) is 4.16. The SMILES string of the molecule is Fc1ccc(-c2ccc3c(c2)CC[CH]3)cc1. The Labute approximate surface area is 94.7 Å². The lowest BCUT2D eigenvalue weighted by atomic mass is 10.0. The van der Waals surface area contributed by atoms with E-state index in [1.165, 1.54) is 28.8 Å². The first kappa shape index (κ1) is 9.59. The van der Waals surface area contributed by atoms with E-state index in [9.17, 15) is 4.39 Å². The molecule has 0 saturated carbocycles. The van der Waals surface area contributed by atoms with Crippen molar-refractivity contribution in [2.24, 2.45) is 0 Å². The maximum atomic E-state index is 12.8. The molecule has 0 saturated heterocycles. The van der Waals surface area contributed by atoms with Gasteiger partial charge in [-0.25, -0.2) is 4.39 Å². The number of hydrogen-bond acceptors (Lipinski definition) is 0. The fourth-order valence-corrected chi connectivity index (χ4v) is 2.23. The molecule has 0 aliphatic heterocycles. The maximum absolute atomic E-state index is 12.8. The highest BCUT2D eigenvalue weighted by Crippen LogP contribution is 2.28. The van der Waals surface area contributed by atoms with Gasteiger partial charge in [-0.05, 0) is 53.6 Å². The number of halogens is 1. The van der Waals surface area contributed by atoms with Gasteiger partial charge in [-0.3, -0.25) is 0 Å². The molecule has 0 bridgehead atoms. The molecular formula is C15H12F. The predicted molar refractivity (Wildman–Crippen MR) is 63.6 cm³/mol. The van der Waals surface area contributed by atoms with Crippen molar-refractivity contribution in [2.75, 3.05) is 0 Å². The van der Waals surface area contributed by atoms with Crippen molar-refractivity contribution < 1.29 is 4.39 Å². The Kier molecular flexibility index (Phi) is 2.24. The summed E-state index contributed by atoms with van der Waals surface area (Å²) in [7, 11) is 0. The number of aryl methyl sites for hydroxylation is 1. The Morgan fingerprint density at radius 2 is 1.62 bits per heavy atom. The minimum atomic E-state index is -0.182. The van der Waals surface area contributed by atoms with Crippen LogP contribution in [0.5, 0.6) is 0 Å². The minimum Gasteiger partial charge on any atom is -0.207 e. The third-order valence-electron chi connectivity index (χ3n) is 3.10. The summed E-state index contributed by atoms with van der Waals surface area (Å²) in [5, 5.41) is 0. The van der Waals surface area contributed by atoms with E-state index in [4.69, 9.17) is 0 Å². The first-order chi connectivity index (χ1) is 7.83. The van der Waals surface area contributed by atoms with E-state index in [1.54, 1.807) is 0 Å². The molecule has 0 atom stereocenters. The molecule has 2 aromatic rings. The second-order valence-corrected chi connectivity index (χ2v) is 4.16. The highest BCUT2D eigenvalue weighted by atomic mass is 19.1. The molecule has 0 unspecified atom stereocenters. The standard InChI is InChI=1S/C15H12F/c16-15-8-6-12(7-9-15)14-5-4-11-2-1-3-13(11)10-14/h2,4-10H,1,3H2. The van der Waals surface area contributed by atoms with Crippen LogP contribution in [-0.2, 0) is 6.42 Å². The van der Waals surface area contributed by atoms with Crippen LogP contribution in [0, 0.1) is 12.2 Å². The Bertz CT molecular complexity index is 511. The molecular weight excluding hydrogens is 199 g/mol. The Morgan fingerprint density at radius 1 is 0.875 bits per heavy atom. The van der Waals surface area contributed by atoms with Gasteiger partial charge in [-0.2, -0.15) is 0 Å². The highest BCUT2D eigenvalue weighted by molar-refractivity contribution is 5.65. The van der Waals surface area contributed by atoms with Crippen molar-refractivity contribution in [3.8, 4) is 11.1 Å². The molecule has 0 aromatic heterocycles. The zero-order valence-corrected chi connectivity index (χ0v) is 8.91. The van der Waals surface area contributed by atoms with Crippen molar-refractivity contribution in [1.82, 2.24) is 0 Å². The fourth-order valence-electron chi connectivity index (χ4n) is 2.23. The summed E-state index contributed by atoms with van der Waals surface area (Å²) < 4.78 is 12.8. The van der Waals surface area contributed by atoms with Crippen LogP contribution in [0.25, 0.3) is 11.1 Å². The van der Waals surface area contributed by atoms with Crippen molar-refractivity contribution in [3.63, 3.8) is 0 Å². The molecule has 1 heteroatoms. The van der Waals surface area contributed by atoms with E-state index in [-0.39, 0.29) is 5.82 Å². The third kappa shape index (κ3) is 1.63. The molecule has 0 nitrogen and oxygen atoms in total. The van der Waals surface area contributed by atoms with Crippen LogP contribution in [0.1, 0.15) is 17.5 Å². The van der Waals surface area contributed by atoms with E-state index in [2.05, 4.69) is 24.6 Å². The molecule has 1 radical (unpaired) electrons. The van der Waals surface area contributed by atoms with Gasteiger partial charge >= 0.3 is 0 Å². The van der Waals surface area contributed by atoms with Gasteiger partial charge in [0.1, 0.15) is 5.82 Å². The smallest absolute Gasteiger partial charge is 0.123 e. The number of fused-ring (bicyclic) bond motifs is 1. The zero-order valence-electron chi connectivity index (χ0n) is 8.91. The van der Waals surface area contributed by atoms with Gasteiger partial charge in [-0.15, -0.1) is 0 Å². The normalized spacial score (nSPS) is 13.8. The summed E-state index contributed by atoms with van der Waals surface area (Å²) >= 11 is 0. The molecule has 0 heterocycles. The van der Waals surface area contributed by atoms with Gasteiger partial charge in [-0.1, -0.05) is 30.3 Å². The summed E-state index contributed by atoms with van der Waals surface area (Å²) in [4.78, 5) is 0. The lowest BCUT2D eigenvalue weighted by molar-refractivity contribution is 0.628. The van der Waals surface area contributed by atoms with Crippen molar-refractivity contribution in [1.29, 1.82) is 0 Å². The third-order valence-corrected chi connectivity index (χ3v) is 3.10. The van der Waals surface area contributed by atoms with Crippen molar-refractivity contribution >= 4 is 0 Å². The van der Waals surface area contributed by atoms with Crippen molar-refractivity contribution in [2.45, 2.75) is 12.8 Å². The van der Waals surface area contributed by atoms with Gasteiger partial charge in [0.25, 0.3) is 0 Å². The molecule has 1 aliphatic carbocycles. The zero-order chi connectivity index (χ0) is 11.0. The van der Waals surface area contributed by atoms with E-state index in [1.807, 2.05) is 12.1 Å². The average molecular weight is 211 g/mol. The van der Waals surface area contributed by atoms with Gasteiger partial charge in [0.2, 0.25) is 0 Å². The van der Waals surface area contributed by atoms with E-state index < -0.39 is 0 Å². The molecule has 0 spiro atoms. The monoisotopic (exact) mass is 211 g/mol. The average Bonchev–Trinajstić information content (AvgIpc) is 2.77. The van der Waals surface area contributed by atoms with Crippen LogP contribution in [0.4, 0.5) is 4.39 Å². The number of rotatable bonds is 1.